The van der Waals surface area contributed by atoms with Crippen molar-refractivity contribution in [1.29, 1.82) is 0 Å². The number of amides is 1. The average Bonchev–Trinajstić information content (AvgIpc) is 2.47. The summed E-state index contributed by atoms with van der Waals surface area (Å²) in [6.45, 7) is 0.410. The molecule has 1 aliphatic carbocycles. The summed E-state index contributed by atoms with van der Waals surface area (Å²) in [6, 6.07) is 9.65. The number of carbonyl (C=O) groups excluding carboxylic acids is 1. The van der Waals surface area contributed by atoms with E-state index < -0.39 is 6.09 Å². The minimum atomic E-state index is -0.394. The third-order valence-corrected chi connectivity index (χ3v) is 3.66. The van der Waals surface area contributed by atoms with E-state index in [1.54, 1.807) is 0 Å². The van der Waals surface area contributed by atoms with Gasteiger partial charge in [0.1, 0.15) is 6.61 Å². The molecule has 2 N–H and O–H groups in total. The van der Waals surface area contributed by atoms with E-state index in [4.69, 9.17) is 4.74 Å². The molecule has 4 nitrogen and oxygen atoms in total. The third kappa shape index (κ3) is 4.24. The number of carbonyl (C=O) groups is 1. The fourth-order valence-electron chi connectivity index (χ4n) is 2.53. The standard InChI is InChI=1S/C15H21NO3/c17-10-13-8-4-5-9-14(13)16-15(18)19-11-12-6-2-1-3-7-12/h1-3,6-7,13-14,17H,4-5,8-11H2,(H,16,18)/t13-,14-/m0/s1. The molecule has 0 aliphatic heterocycles. The zero-order valence-corrected chi connectivity index (χ0v) is 11.0. The number of ether oxygens (including phenoxy) is 1. The fourth-order valence-corrected chi connectivity index (χ4v) is 2.53. The van der Waals surface area contributed by atoms with Crippen molar-refractivity contribution >= 4 is 6.09 Å². The van der Waals surface area contributed by atoms with Gasteiger partial charge < -0.3 is 15.2 Å². The van der Waals surface area contributed by atoms with Crippen molar-refractivity contribution < 1.29 is 14.6 Å². The van der Waals surface area contributed by atoms with Gasteiger partial charge in [-0.2, -0.15) is 0 Å². The number of aliphatic hydroxyl groups is 1. The molecule has 4 heteroatoms. The normalized spacial score (nSPS) is 22.8. The van der Waals surface area contributed by atoms with Crippen LogP contribution in [0.15, 0.2) is 30.3 Å². The number of benzene rings is 1. The van der Waals surface area contributed by atoms with Gasteiger partial charge in [-0.1, -0.05) is 43.2 Å². The van der Waals surface area contributed by atoms with Crippen LogP contribution in [0.5, 0.6) is 0 Å². The first-order valence-electron chi connectivity index (χ1n) is 6.87. The molecule has 1 saturated carbocycles. The Morgan fingerprint density at radius 2 is 2.00 bits per heavy atom. The van der Waals surface area contributed by atoms with Crippen LogP contribution in [0.25, 0.3) is 0 Å². The Morgan fingerprint density at radius 3 is 2.74 bits per heavy atom. The predicted molar refractivity (Wildman–Crippen MR) is 72.6 cm³/mol. The Morgan fingerprint density at radius 1 is 1.26 bits per heavy atom. The van der Waals surface area contributed by atoms with Crippen molar-refractivity contribution in [2.24, 2.45) is 5.92 Å². The molecule has 1 fully saturated rings. The van der Waals surface area contributed by atoms with Crippen molar-refractivity contribution in [2.45, 2.75) is 38.3 Å². The monoisotopic (exact) mass is 263 g/mol. The van der Waals surface area contributed by atoms with Crippen molar-refractivity contribution in [1.82, 2.24) is 5.32 Å². The van der Waals surface area contributed by atoms with Gasteiger partial charge in [0.2, 0.25) is 0 Å². The van der Waals surface area contributed by atoms with Crippen LogP contribution in [0.2, 0.25) is 0 Å². The summed E-state index contributed by atoms with van der Waals surface area (Å²) >= 11 is 0. The minimum absolute atomic E-state index is 0.0435. The summed E-state index contributed by atoms with van der Waals surface area (Å²) < 4.78 is 5.19. The maximum Gasteiger partial charge on any atom is 0.407 e. The van der Waals surface area contributed by atoms with Crippen LogP contribution in [-0.4, -0.2) is 23.8 Å². The second-order valence-corrected chi connectivity index (χ2v) is 5.04. The van der Waals surface area contributed by atoms with Gasteiger partial charge in [0.05, 0.1) is 0 Å². The van der Waals surface area contributed by atoms with Crippen molar-refractivity contribution in [3.05, 3.63) is 35.9 Å². The lowest BCUT2D eigenvalue weighted by Gasteiger charge is -2.30. The van der Waals surface area contributed by atoms with Crippen molar-refractivity contribution in [2.75, 3.05) is 6.61 Å². The first-order chi connectivity index (χ1) is 9.29. The quantitative estimate of drug-likeness (QED) is 0.877. The molecule has 1 amide bonds. The summed E-state index contributed by atoms with van der Waals surface area (Å²) in [4.78, 5) is 11.7. The maximum atomic E-state index is 11.7. The number of aliphatic hydroxyl groups excluding tert-OH is 1. The minimum Gasteiger partial charge on any atom is -0.445 e. The van der Waals surface area contributed by atoms with E-state index in [0.29, 0.717) is 0 Å². The Hall–Kier alpha value is -1.55. The molecular formula is C15H21NO3. The summed E-state index contributed by atoms with van der Waals surface area (Å²) in [5.41, 5.74) is 0.972. The lowest BCUT2D eigenvalue weighted by Crippen LogP contribution is -2.43. The van der Waals surface area contributed by atoms with E-state index in [1.807, 2.05) is 30.3 Å². The number of hydrogen-bond acceptors (Lipinski definition) is 3. The van der Waals surface area contributed by atoms with Crippen LogP contribution in [0.4, 0.5) is 4.79 Å². The molecule has 104 valence electrons. The summed E-state index contributed by atoms with van der Waals surface area (Å²) in [6.07, 6.45) is 3.73. The fraction of sp³-hybridized carbons (Fsp3) is 0.533. The Bertz CT molecular complexity index is 394. The molecule has 1 aliphatic rings. The molecule has 0 saturated heterocycles. The van der Waals surface area contributed by atoms with E-state index in [0.717, 1.165) is 31.2 Å². The summed E-state index contributed by atoms with van der Waals surface area (Å²) in [7, 11) is 0. The van der Waals surface area contributed by atoms with Crippen LogP contribution >= 0.6 is 0 Å². The highest BCUT2D eigenvalue weighted by Gasteiger charge is 2.26. The molecule has 0 spiro atoms. The van der Waals surface area contributed by atoms with Gasteiger partial charge >= 0.3 is 6.09 Å². The van der Waals surface area contributed by atoms with Crippen molar-refractivity contribution in [3.63, 3.8) is 0 Å². The molecule has 1 aromatic carbocycles. The van der Waals surface area contributed by atoms with Crippen LogP contribution in [0.3, 0.4) is 0 Å². The summed E-state index contributed by atoms with van der Waals surface area (Å²) in [5.74, 6) is 0.165. The number of hydrogen-bond donors (Lipinski definition) is 2. The highest BCUT2D eigenvalue weighted by molar-refractivity contribution is 5.67. The molecule has 0 bridgehead atoms. The highest BCUT2D eigenvalue weighted by atomic mass is 16.5. The second-order valence-electron chi connectivity index (χ2n) is 5.04. The molecule has 0 unspecified atom stereocenters. The SMILES string of the molecule is O=C(N[C@H]1CCCC[C@H]1CO)OCc1ccccc1. The van der Waals surface area contributed by atoms with Gasteiger partial charge in [-0.05, 0) is 18.4 Å². The van der Waals surface area contributed by atoms with Crippen LogP contribution in [0, 0.1) is 5.92 Å². The van der Waals surface area contributed by atoms with Crippen LogP contribution in [0.1, 0.15) is 31.2 Å². The topological polar surface area (TPSA) is 58.6 Å². The Balaban J connectivity index is 1.77. The number of alkyl carbamates (subject to hydrolysis) is 1. The smallest absolute Gasteiger partial charge is 0.407 e. The van der Waals surface area contributed by atoms with Crippen molar-refractivity contribution in [3.8, 4) is 0 Å². The molecule has 2 rings (SSSR count). The van der Waals surface area contributed by atoms with Gasteiger partial charge in [0, 0.05) is 18.6 Å². The van der Waals surface area contributed by atoms with Crippen LogP contribution in [-0.2, 0) is 11.3 Å². The molecule has 1 aromatic rings. The largest absolute Gasteiger partial charge is 0.445 e. The van der Waals surface area contributed by atoms with Gasteiger partial charge in [0.25, 0.3) is 0 Å². The molecule has 0 heterocycles. The van der Waals surface area contributed by atoms with E-state index in [2.05, 4.69) is 5.32 Å². The first-order valence-corrected chi connectivity index (χ1v) is 6.87. The van der Waals surface area contributed by atoms with Crippen LogP contribution < -0.4 is 5.32 Å². The second kappa shape index (κ2) is 7.14. The van der Waals surface area contributed by atoms with E-state index in [-0.39, 0.29) is 25.2 Å². The zero-order valence-electron chi connectivity index (χ0n) is 11.0. The van der Waals surface area contributed by atoms with Gasteiger partial charge in [-0.25, -0.2) is 4.79 Å². The van der Waals surface area contributed by atoms with E-state index in [9.17, 15) is 9.90 Å². The molecular weight excluding hydrogens is 242 g/mol. The highest BCUT2D eigenvalue weighted by Crippen LogP contribution is 2.24. The maximum absolute atomic E-state index is 11.7. The lowest BCUT2D eigenvalue weighted by atomic mass is 9.85. The summed E-state index contributed by atoms with van der Waals surface area (Å²) in [5, 5.41) is 12.2. The molecule has 0 aromatic heterocycles. The molecule has 19 heavy (non-hydrogen) atoms. The Kier molecular flexibility index (Phi) is 5.21. The third-order valence-electron chi connectivity index (χ3n) is 3.66. The van der Waals surface area contributed by atoms with Gasteiger partial charge in [-0.15, -0.1) is 0 Å². The lowest BCUT2D eigenvalue weighted by molar-refractivity contribution is 0.113. The predicted octanol–water partition coefficient (Wildman–Crippen LogP) is 2.46. The number of nitrogens with one attached hydrogen (secondary N) is 1. The first kappa shape index (κ1) is 13.9. The zero-order chi connectivity index (χ0) is 13.5. The van der Waals surface area contributed by atoms with E-state index in [1.165, 1.54) is 0 Å². The average molecular weight is 263 g/mol. The van der Waals surface area contributed by atoms with Gasteiger partial charge in [-0.3, -0.25) is 0 Å². The molecule has 2 atom stereocenters. The van der Waals surface area contributed by atoms with Gasteiger partial charge in [0.15, 0.2) is 0 Å². The Labute approximate surface area is 113 Å². The number of rotatable bonds is 4. The van der Waals surface area contributed by atoms with E-state index >= 15 is 0 Å². The molecule has 0 radical (unpaired) electrons.